The monoisotopic (exact) mass is 265 g/mol. The Morgan fingerprint density at radius 1 is 1.43 bits per heavy atom. The summed E-state index contributed by atoms with van der Waals surface area (Å²) < 4.78 is 31.6. The third kappa shape index (κ3) is 2.04. The molecule has 0 unspecified atom stereocenters. The van der Waals surface area contributed by atoms with Gasteiger partial charge in [-0.05, 0) is 40.5 Å². The van der Waals surface area contributed by atoms with Crippen molar-refractivity contribution in [3.8, 4) is 5.75 Å². The first kappa shape index (κ1) is 11.4. The third-order valence-electron chi connectivity index (χ3n) is 1.81. The third-order valence-corrected chi connectivity index (χ3v) is 2.40. The largest absolute Gasteiger partial charge is 0.492 e. The van der Waals surface area contributed by atoms with Crippen molar-refractivity contribution in [2.24, 2.45) is 5.73 Å². The SMILES string of the molecule is COc1c(Br)cc(CCN)c(F)c1F. The quantitative estimate of drug-likeness (QED) is 0.851. The summed E-state index contributed by atoms with van der Waals surface area (Å²) in [5.41, 5.74) is 5.51. The first-order valence-corrected chi connectivity index (χ1v) is 4.81. The van der Waals surface area contributed by atoms with E-state index in [0.717, 1.165) is 0 Å². The van der Waals surface area contributed by atoms with Gasteiger partial charge in [0.25, 0.3) is 0 Å². The first-order chi connectivity index (χ1) is 6.61. The molecule has 14 heavy (non-hydrogen) atoms. The minimum absolute atomic E-state index is 0.122. The highest BCUT2D eigenvalue weighted by atomic mass is 79.9. The Morgan fingerprint density at radius 2 is 2.07 bits per heavy atom. The van der Waals surface area contributed by atoms with Crippen LogP contribution in [0.2, 0.25) is 0 Å². The second-order valence-electron chi connectivity index (χ2n) is 2.72. The smallest absolute Gasteiger partial charge is 0.202 e. The van der Waals surface area contributed by atoms with Gasteiger partial charge in [0.15, 0.2) is 11.6 Å². The molecule has 2 N–H and O–H groups in total. The molecule has 1 aromatic rings. The molecule has 0 fully saturated rings. The topological polar surface area (TPSA) is 35.2 Å². The Balaban J connectivity index is 3.25. The van der Waals surface area contributed by atoms with E-state index in [1.165, 1.54) is 13.2 Å². The lowest BCUT2D eigenvalue weighted by molar-refractivity contribution is 0.367. The van der Waals surface area contributed by atoms with Crippen LogP contribution in [0, 0.1) is 11.6 Å². The minimum atomic E-state index is -0.981. The molecule has 0 aliphatic carbocycles. The molecule has 5 heteroatoms. The van der Waals surface area contributed by atoms with E-state index in [9.17, 15) is 8.78 Å². The molecule has 1 aromatic carbocycles. The second kappa shape index (κ2) is 4.70. The van der Waals surface area contributed by atoms with Crippen molar-refractivity contribution in [2.75, 3.05) is 13.7 Å². The zero-order valence-electron chi connectivity index (χ0n) is 7.61. The fourth-order valence-electron chi connectivity index (χ4n) is 1.15. The normalized spacial score (nSPS) is 10.4. The van der Waals surface area contributed by atoms with Crippen LogP contribution in [0.25, 0.3) is 0 Å². The van der Waals surface area contributed by atoms with E-state index in [1.807, 2.05) is 0 Å². The van der Waals surface area contributed by atoms with E-state index >= 15 is 0 Å². The van der Waals surface area contributed by atoms with Crippen LogP contribution in [0.3, 0.4) is 0 Å². The number of hydrogen-bond donors (Lipinski definition) is 1. The van der Waals surface area contributed by atoms with Crippen molar-refractivity contribution >= 4 is 15.9 Å². The summed E-state index contributed by atoms with van der Waals surface area (Å²) >= 11 is 3.09. The van der Waals surface area contributed by atoms with Crippen LogP contribution in [-0.4, -0.2) is 13.7 Å². The molecular weight excluding hydrogens is 256 g/mol. The van der Waals surface area contributed by atoms with Gasteiger partial charge in [0.1, 0.15) is 0 Å². The molecule has 0 bridgehead atoms. The van der Waals surface area contributed by atoms with E-state index < -0.39 is 11.6 Å². The molecule has 0 aliphatic rings. The summed E-state index contributed by atoms with van der Waals surface area (Å²) in [6.07, 6.45) is 0.297. The van der Waals surface area contributed by atoms with Crippen LogP contribution in [0.5, 0.6) is 5.75 Å². The van der Waals surface area contributed by atoms with Crippen LogP contribution in [0.1, 0.15) is 5.56 Å². The zero-order chi connectivity index (χ0) is 10.7. The standard InChI is InChI=1S/C9H10BrF2NO/c1-14-9-6(10)4-5(2-3-13)7(11)8(9)12/h4H,2-3,13H2,1H3. The van der Waals surface area contributed by atoms with Crippen molar-refractivity contribution in [3.05, 3.63) is 27.7 Å². The van der Waals surface area contributed by atoms with Gasteiger partial charge in [-0.1, -0.05) is 0 Å². The Hall–Kier alpha value is -0.680. The highest BCUT2D eigenvalue weighted by Crippen LogP contribution is 2.31. The van der Waals surface area contributed by atoms with E-state index in [4.69, 9.17) is 10.5 Å². The number of benzene rings is 1. The van der Waals surface area contributed by atoms with Gasteiger partial charge >= 0.3 is 0 Å². The molecule has 1 rings (SSSR count). The van der Waals surface area contributed by atoms with Crippen LogP contribution in [0.4, 0.5) is 8.78 Å². The Labute approximate surface area is 89.2 Å². The molecule has 0 amide bonds. The number of ether oxygens (including phenoxy) is 1. The van der Waals surface area contributed by atoms with Crippen LogP contribution in [-0.2, 0) is 6.42 Å². The summed E-state index contributed by atoms with van der Waals surface area (Å²) in [7, 11) is 1.28. The average molecular weight is 266 g/mol. The summed E-state index contributed by atoms with van der Waals surface area (Å²) in [5, 5.41) is 0. The fraction of sp³-hybridized carbons (Fsp3) is 0.333. The Kier molecular flexibility index (Phi) is 3.83. The van der Waals surface area contributed by atoms with Gasteiger partial charge in [-0.2, -0.15) is 4.39 Å². The van der Waals surface area contributed by atoms with Crippen LogP contribution >= 0.6 is 15.9 Å². The van der Waals surface area contributed by atoms with Gasteiger partial charge in [-0.25, -0.2) is 4.39 Å². The Morgan fingerprint density at radius 3 is 2.57 bits per heavy atom. The molecule has 78 valence electrons. The maximum Gasteiger partial charge on any atom is 0.202 e. The maximum atomic E-state index is 13.3. The van der Waals surface area contributed by atoms with Crippen LogP contribution < -0.4 is 10.5 Å². The van der Waals surface area contributed by atoms with Crippen molar-refractivity contribution in [3.63, 3.8) is 0 Å². The predicted octanol–water partition coefficient (Wildman–Crippen LogP) is 2.24. The molecule has 0 heterocycles. The lowest BCUT2D eigenvalue weighted by Gasteiger charge is -2.09. The molecule has 0 radical (unpaired) electrons. The van der Waals surface area contributed by atoms with E-state index in [1.54, 1.807) is 0 Å². The molecule has 0 aromatic heterocycles. The highest BCUT2D eigenvalue weighted by Gasteiger charge is 2.17. The lowest BCUT2D eigenvalue weighted by atomic mass is 10.1. The van der Waals surface area contributed by atoms with Gasteiger partial charge in [0, 0.05) is 0 Å². The van der Waals surface area contributed by atoms with E-state index in [2.05, 4.69) is 15.9 Å². The molecule has 2 nitrogen and oxygen atoms in total. The lowest BCUT2D eigenvalue weighted by Crippen LogP contribution is -2.06. The Bertz CT molecular complexity index is 344. The van der Waals surface area contributed by atoms with Gasteiger partial charge in [-0.3, -0.25) is 0 Å². The van der Waals surface area contributed by atoms with Crippen LogP contribution in [0.15, 0.2) is 10.5 Å². The molecule has 0 spiro atoms. The highest BCUT2D eigenvalue weighted by molar-refractivity contribution is 9.10. The van der Waals surface area contributed by atoms with Crippen molar-refractivity contribution in [1.82, 2.24) is 0 Å². The van der Waals surface area contributed by atoms with Gasteiger partial charge < -0.3 is 10.5 Å². The number of hydrogen-bond acceptors (Lipinski definition) is 2. The van der Waals surface area contributed by atoms with Gasteiger partial charge in [0.2, 0.25) is 5.82 Å². The predicted molar refractivity (Wildman–Crippen MR) is 53.4 cm³/mol. The van der Waals surface area contributed by atoms with E-state index in [0.29, 0.717) is 10.9 Å². The minimum Gasteiger partial charge on any atom is -0.492 e. The van der Waals surface area contributed by atoms with Gasteiger partial charge in [0.05, 0.1) is 11.6 Å². The first-order valence-electron chi connectivity index (χ1n) is 4.02. The van der Waals surface area contributed by atoms with Gasteiger partial charge in [-0.15, -0.1) is 0 Å². The number of rotatable bonds is 3. The number of halogens is 3. The molecule has 0 atom stereocenters. The number of methoxy groups -OCH3 is 1. The number of nitrogens with two attached hydrogens (primary N) is 1. The molecule has 0 aliphatic heterocycles. The zero-order valence-corrected chi connectivity index (χ0v) is 9.20. The summed E-state index contributed by atoms with van der Waals surface area (Å²) in [6, 6.07) is 1.48. The molecular formula is C9H10BrF2NO. The molecule has 0 saturated carbocycles. The van der Waals surface area contributed by atoms with E-state index in [-0.39, 0.29) is 17.9 Å². The summed E-state index contributed by atoms with van der Waals surface area (Å²) in [5.74, 6) is -2.00. The van der Waals surface area contributed by atoms with Crippen molar-refractivity contribution in [1.29, 1.82) is 0 Å². The maximum absolute atomic E-state index is 13.3. The second-order valence-corrected chi connectivity index (χ2v) is 3.57. The average Bonchev–Trinajstić information content (AvgIpc) is 2.15. The molecule has 0 saturated heterocycles. The summed E-state index contributed by atoms with van der Waals surface area (Å²) in [4.78, 5) is 0. The fourth-order valence-corrected chi connectivity index (χ4v) is 1.76. The summed E-state index contributed by atoms with van der Waals surface area (Å²) in [6.45, 7) is 0.273. The van der Waals surface area contributed by atoms with Crippen molar-refractivity contribution < 1.29 is 13.5 Å². The van der Waals surface area contributed by atoms with Crippen molar-refractivity contribution in [2.45, 2.75) is 6.42 Å².